The summed E-state index contributed by atoms with van der Waals surface area (Å²) in [6, 6.07) is 8.51. The second-order valence-electron chi connectivity index (χ2n) is 6.16. The van der Waals surface area contributed by atoms with E-state index < -0.39 is 11.6 Å². The van der Waals surface area contributed by atoms with E-state index in [1.165, 1.54) is 12.1 Å². The molecule has 0 saturated heterocycles. The van der Waals surface area contributed by atoms with E-state index in [0.717, 1.165) is 6.07 Å². The molecule has 130 valence electrons. The van der Waals surface area contributed by atoms with Crippen molar-refractivity contribution in [1.29, 1.82) is 0 Å². The monoisotopic (exact) mass is 344 g/mol. The number of hydrogen-bond donors (Lipinski definition) is 2. The summed E-state index contributed by atoms with van der Waals surface area (Å²) in [5, 5.41) is 5.36. The molecule has 1 aliphatic rings. The molecule has 25 heavy (non-hydrogen) atoms. The van der Waals surface area contributed by atoms with Crippen LogP contribution in [-0.4, -0.2) is 18.9 Å². The van der Waals surface area contributed by atoms with Gasteiger partial charge < -0.3 is 10.6 Å². The van der Waals surface area contributed by atoms with Crippen molar-refractivity contribution in [3.8, 4) is 0 Å². The summed E-state index contributed by atoms with van der Waals surface area (Å²) in [6.07, 6.45) is 0.516. The maximum Gasteiger partial charge on any atom is 0.251 e. The number of benzene rings is 2. The molecule has 1 saturated carbocycles. The molecule has 1 aliphatic carbocycles. The lowest BCUT2D eigenvalue weighted by Gasteiger charge is -2.12. The maximum atomic E-state index is 13.8. The van der Waals surface area contributed by atoms with Gasteiger partial charge in [-0.2, -0.15) is 0 Å². The fraction of sp³-hybridized carbons (Fsp3) is 0.263. The molecule has 0 aromatic heterocycles. The van der Waals surface area contributed by atoms with Gasteiger partial charge in [-0.3, -0.25) is 9.59 Å². The SMILES string of the molecule is CNC(=O)c1cccc(NC(=O)[C@H]2C[C@H]2c2ccc(F)cc2F)c1C. The Morgan fingerprint density at radius 2 is 1.92 bits per heavy atom. The molecule has 2 aromatic rings. The number of amides is 2. The Labute approximate surface area is 144 Å². The lowest BCUT2D eigenvalue weighted by atomic mass is 10.1. The van der Waals surface area contributed by atoms with Gasteiger partial charge in [-0.15, -0.1) is 0 Å². The normalized spacial score (nSPS) is 18.6. The van der Waals surface area contributed by atoms with E-state index in [0.29, 0.717) is 28.8 Å². The molecule has 2 amide bonds. The van der Waals surface area contributed by atoms with Gasteiger partial charge in [0.05, 0.1) is 0 Å². The van der Waals surface area contributed by atoms with Crippen molar-refractivity contribution in [3.63, 3.8) is 0 Å². The molecule has 0 spiro atoms. The molecule has 2 N–H and O–H groups in total. The molecule has 0 radical (unpaired) electrons. The predicted octanol–water partition coefficient (Wildman–Crippen LogP) is 3.38. The van der Waals surface area contributed by atoms with Crippen molar-refractivity contribution in [2.24, 2.45) is 5.92 Å². The largest absolute Gasteiger partial charge is 0.355 e. The molecule has 0 bridgehead atoms. The molecule has 3 rings (SSSR count). The highest BCUT2D eigenvalue weighted by atomic mass is 19.1. The van der Waals surface area contributed by atoms with E-state index >= 15 is 0 Å². The standard InChI is InChI=1S/C19H18F2N2O2/c1-10-12(18(24)22-2)4-3-5-17(10)23-19(25)15-9-14(15)13-7-6-11(20)8-16(13)21/h3-8,14-15H,9H2,1-2H3,(H,22,24)(H,23,25)/t14-,15-/m0/s1. The first-order valence-corrected chi connectivity index (χ1v) is 8.00. The smallest absolute Gasteiger partial charge is 0.251 e. The van der Waals surface area contributed by atoms with E-state index in [1.807, 2.05) is 0 Å². The third-order valence-electron chi connectivity index (χ3n) is 4.55. The van der Waals surface area contributed by atoms with E-state index in [9.17, 15) is 18.4 Å². The Morgan fingerprint density at radius 3 is 2.60 bits per heavy atom. The van der Waals surface area contributed by atoms with Crippen LogP contribution in [0.15, 0.2) is 36.4 Å². The average molecular weight is 344 g/mol. The summed E-state index contributed by atoms with van der Waals surface area (Å²) in [6.45, 7) is 1.75. The first kappa shape index (κ1) is 17.1. The van der Waals surface area contributed by atoms with Gasteiger partial charge in [0.1, 0.15) is 11.6 Å². The molecule has 2 atom stereocenters. The zero-order valence-electron chi connectivity index (χ0n) is 13.9. The number of carbonyl (C=O) groups excluding carboxylic acids is 2. The third kappa shape index (κ3) is 3.38. The Bertz CT molecular complexity index is 851. The second-order valence-corrected chi connectivity index (χ2v) is 6.16. The molecular weight excluding hydrogens is 326 g/mol. The van der Waals surface area contributed by atoms with Gasteiger partial charge in [0.2, 0.25) is 5.91 Å². The number of hydrogen-bond acceptors (Lipinski definition) is 2. The van der Waals surface area contributed by atoms with Crippen molar-refractivity contribution in [3.05, 3.63) is 64.7 Å². The highest BCUT2D eigenvalue weighted by Gasteiger charge is 2.45. The van der Waals surface area contributed by atoms with Crippen molar-refractivity contribution in [1.82, 2.24) is 5.32 Å². The van der Waals surface area contributed by atoms with Crippen LogP contribution in [-0.2, 0) is 4.79 Å². The number of anilines is 1. The van der Waals surface area contributed by atoms with E-state index in [4.69, 9.17) is 0 Å². The summed E-state index contributed by atoms with van der Waals surface area (Å²) in [5.74, 6) is -2.33. The minimum absolute atomic E-state index is 0.230. The zero-order chi connectivity index (χ0) is 18.1. The van der Waals surface area contributed by atoms with Gasteiger partial charge in [0, 0.05) is 30.3 Å². The topological polar surface area (TPSA) is 58.2 Å². The highest BCUT2D eigenvalue weighted by molar-refractivity contribution is 6.00. The highest BCUT2D eigenvalue weighted by Crippen LogP contribution is 2.49. The number of carbonyl (C=O) groups is 2. The molecule has 0 aliphatic heterocycles. The summed E-state index contributed by atoms with van der Waals surface area (Å²) in [7, 11) is 1.54. The summed E-state index contributed by atoms with van der Waals surface area (Å²) >= 11 is 0. The Kier molecular flexibility index (Phi) is 4.53. The maximum absolute atomic E-state index is 13.8. The zero-order valence-corrected chi connectivity index (χ0v) is 13.9. The lowest BCUT2D eigenvalue weighted by molar-refractivity contribution is -0.117. The quantitative estimate of drug-likeness (QED) is 0.893. The van der Waals surface area contributed by atoms with Gasteiger partial charge in [-0.25, -0.2) is 8.78 Å². The first-order valence-electron chi connectivity index (χ1n) is 8.00. The number of nitrogens with one attached hydrogen (secondary N) is 2. The van der Waals surface area contributed by atoms with Crippen LogP contribution in [0.1, 0.15) is 33.8 Å². The average Bonchev–Trinajstić information content (AvgIpc) is 3.36. The molecular formula is C19H18F2N2O2. The van der Waals surface area contributed by atoms with Gasteiger partial charge in [0.15, 0.2) is 0 Å². The van der Waals surface area contributed by atoms with Crippen LogP contribution in [0, 0.1) is 24.5 Å². The van der Waals surface area contributed by atoms with Crippen molar-refractivity contribution in [2.75, 3.05) is 12.4 Å². The van der Waals surface area contributed by atoms with Crippen LogP contribution >= 0.6 is 0 Å². The van der Waals surface area contributed by atoms with Gasteiger partial charge >= 0.3 is 0 Å². The van der Waals surface area contributed by atoms with E-state index in [1.54, 1.807) is 32.2 Å². The Morgan fingerprint density at radius 1 is 1.16 bits per heavy atom. The van der Waals surface area contributed by atoms with Crippen LogP contribution in [0.2, 0.25) is 0 Å². The van der Waals surface area contributed by atoms with Gasteiger partial charge in [0.25, 0.3) is 5.91 Å². The number of halogens is 2. The molecule has 2 aromatic carbocycles. The van der Waals surface area contributed by atoms with Crippen molar-refractivity contribution in [2.45, 2.75) is 19.3 Å². The lowest BCUT2D eigenvalue weighted by Crippen LogP contribution is -2.21. The Hall–Kier alpha value is -2.76. The van der Waals surface area contributed by atoms with E-state index in [-0.39, 0.29) is 23.7 Å². The fourth-order valence-electron chi connectivity index (χ4n) is 3.01. The van der Waals surface area contributed by atoms with Crippen molar-refractivity contribution >= 4 is 17.5 Å². The Balaban J connectivity index is 1.73. The van der Waals surface area contributed by atoms with Crippen LogP contribution in [0.4, 0.5) is 14.5 Å². The molecule has 6 heteroatoms. The molecule has 1 fully saturated rings. The number of rotatable bonds is 4. The third-order valence-corrected chi connectivity index (χ3v) is 4.55. The van der Waals surface area contributed by atoms with E-state index in [2.05, 4.69) is 10.6 Å². The molecule has 4 nitrogen and oxygen atoms in total. The summed E-state index contributed by atoms with van der Waals surface area (Å²) in [5.41, 5.74) is 2.06. The van der Waals surface area contributed by atoms with Crippen molar-refractivity contribution < 1.29 is 18.4 Å². The van der Waals surface area contributed by atoms with Crippen LogP contribution in [0.5, 0.6) is 0 Å². The summed E-state index contributed by atoms with van der Waals surface area (Å²) < 4.78 is 26.8. The fourth-order valence-corrected chi connectivity index (χ4v) is 3.01. The van der Waals surface area contributed by atoms with Gasteiger partial charge in [-0.1, -0.05) is 12.1 Å². The minimum Gasteiger partial charge on any atom is -0.355 e. The predicted molar refractivity (Wildman–Crippen MR) is 90.4 cm³/mol. The second kappa shape index (κ2) is 6.63. The van der Waals surface area contributed by atoms with Gasteiger partial charge in [-0.05, 0) is 48.6 Å². The van der Waals surface area contributed by atoms with Crippen LogP contribution in [0.25, 0.3) is 0 Å². The minimum atomic E-state index is -0.635. The molecule has 0 unspecified atom stereocenters. The first-order chi connectivity index (χ1) is 11.9. The van der Waals surface area contributed by atoms with Crippen LogP contribution < -0.4 is 10.6 Å². The van der Waals surface area contributed by atoms with Crippen LogP contribution in [0.3, 0.4) is 0 Å². The molecule has 0 heterocycles. The summed E-state index contributed by atoms with van der Waals surface area (Å²) in [4.78, 5) is 24.3.